The summed E-state index contributed by atoms with van der Waals surface area (Å²) in [5.74, 6) is 0.463. The molecule has 212 valence electrons. The van der Waals surface area contributed by atoms with Crippen LogP contribution < -0.4 is 21.3 Å². The Bertz CT molecular complexity index is 911. The summed E-state index contributed by atoms with van der Waals surface area (Å²) in [5.41, 5.74) is 0.990. The molecule has 1 saturated carbocycles. The molecule has 38 heavy (non-hydrogen) atoms. The van der Waals surface area contributed by atoms with Gasteiger partial charge in [0.05, 0.1) is 24.7 Å². The minimum absolute atomic E-state index is 0.0146. The van der Waals surface area contributed by atoms with Crippen LogP contribution in [0.1, 0.15) is 58.4 Å². The van der Waals surface area contributed by atoms with Crippen molar-refractivity contribution in [1.82, 2.24) is 26.2 Å². The van der Waals surface area contributed by atoms with E-state index in [9.17, 15) is 19.5 Å². The normalized spacial score (nSPS) is 24.1. The Kier molecular flexibility index (Phi) is 11.6. The molecule has 0 radical (unpaired) electrons. The van der Waals surface area contributed by atoms with E-state index in [1.807, 2.05) is 44.2 Å². The Morgan fingerprint density at radius 3 is 2.34 bits per heavy atom. The molecule has 0 bridgehead atoms. The number of carbonyl (C=O) groups is 3. The average molecular weight is 530 g/mol. The van der Waals surface area contributed by atoms with Crippen LogP contribution in [0.3, 0.4) is 0 Å². The monoisotopic (exact) mass is 529 g/mol. The summed E-state index contributed by atoms with van der Waals surface area (Å²) in [5, 5.41) is 23.0. The smallest absolute Gasteiger partial charge is 0.242 e. The van der Waals surface area contributed by atoms with E-state index in [0.29, 0.717) is 18.3 Å². The largest absolute Gasteiger partial charge is 0.390 e. The summed E-state index contributed by atoms with van der Waals surface area (Å²) in [6.07, 6.45) is 5.10. The van der Waals surface area contributed by atoms with Crippen LogP contribution in [0.25, 0.3) is 0 Å². The lowest BCUT2D eigenvalue weighted by Crippen LogP contribution is -2.60. The third-order valence-corrected chi connectivity index (χ3v) is 7.86. The average Bonchev–Trinajstić information content (AvgIpc) is 2.88. The van der Waals surface area contributed by atoms with Crippen LogP contribution in [-0.2, 0) is 20.8 Å². The molecule has 9 heteroatoms. The van der Waals surface area contributed by atoms with E-state index in [0.717, 1.165) is 31.4 Å². The Balaban J connectivity index is 1.75. The number of likely N-dealkylation sites (tertiary alicyclic amines) is 1. The summed E-state index contributed by atoms with van der Waals surface area (Å²) in [7, 11) is 1.67. The highest BCUT2D eigenvalue weighted by atomic mass is 16.3. The molecule has 2 aliphatic rings. The molecule has 2 fully saturated rings. The number of aliphatic hydroxyl groups is 1. The number of fused-ring (bicyclic) bond motifs is 1. The maximum atomic E-state index is 13.2. The van der Waals surface area contributed by atoms with Crippen molar-refractivity contribution < 1.29 is 19.5 Å². The fraction of sp³-hybridized carbons (Fsp3) is 0.690. The number of nitrogens with zero attached hydrogens (tertiary/aromatic N) is 1. The van der Waals surface area contributed by atoms with Gasteiger partial charge in [-0.05, 0) is 64.5 Å². The zero-order valence-corrected chi connectivity index (χ0v) is 23.4. The van der Waals surface area contributed by atoms with Crippen molar-refractivity contribution in [3.05, 3.63) is 35.9 Å². The van der Waals surface area contributed by atoms with Gasteiger partial charge in [0.1, 0.15) is 6.04 Å². The standard InChI is InChI=1S/C29H47N5O4/c1-19(2)31-29(38)25-15-22-12-8-9-13-23(22)17-34(25)18-26(35)24(14-21-10-6-5-7-11-21)33-28(37)20(3)32-27(36)16-30-4/h5-7,10-11,19-20,22-26,30,35H,8-9,12-18H2,1-4H3,(H,31,38)(H,32,36)(H,33,37). The van der Waals surface area contributed by atoms with Crippen molar-refractivity contribution >= 4 is 17.7 Å². The van der Waals surface area contributed by atoms with Crippen molar-refractivity contribution in [3.8, 4) is 0 Å². The minimum atomic E-state index is -0.895. The Morgan fingerprint density at radius 2 is 1.68 bits per heavy atom. The first-order chi connectivity index (χ1) is 18.2. The molecule has 3 amide bonds. The Morgan fingerprint density at radius 1 is 1.00 bits per heavy atom. The van der Waals surface area contributed by atoms with Crippen LogP contribution in [0.5, 0.6) is 0 Å². The molecular weight excluding hydrogens is 482 g/mol. The van der Waals surface area contributed by atoms with Gasteiger partial charge in [-0.3, -0.25) is 19.3 Å². The van der Waals surface area contributed by atoms with Crippen LogP contribution in [0.15, 0.2) is 30.3 Å². The number of piperidine rings is 1. The molecule has 1 aromatic rings. The maximum Gasteiger partial charge on any atom is 0.242 e. The van der Waals surface area contributed by atoms with Crippen molar-refractivity contribution in [3.63, 3.8) is 0 Å². The first kappa shape index (κ1) is 30.1. The number of β-amino-alcohol motifs (C(OH)–C–C–N with tert-alkyl or cyclic N) is 1. The van der Waals surface area contributed by atoms with Crippen molar-refractivity contribution in [2.24, 2.45) is 11.8 Å². The summed E-state index contributed by atoms with van der Waals surface area (Å²) in [6, 6.07) is 8.16. The molecule has 6 atom stereocenters. The summed E-state index contributed by atoms with van der Waals surface area (Å²) >= 11 is 0. The van der Waals surface area contributed by atoms with E-state index in [4.69, 9.17) is 0 Å². The topological polar surface area (TPSA) is 123 Å². The maximum absolute atomic E-state index is 13.2. The van der Waals surface area contributed by atoms with Crippen LogP contribution in [0, 0.1) is 11.8 Å². The summed E-state index contributed by atoms with van der Waals surface area (Å²) in [6.45, 7) is 6.74. The zero-order valence-electron chi connectivity index (χ0n) is 23.4. The van der Waals surface area contributed by atoms with Gasteiger partial charge in [-0.15, -0.1) is 0 Å². The van der Waals surface area contributed by atoms with Gasteiger partial charge in [-0.25, -0.2) is 0 Å². The van der Waals surface area contributed by atoms with Crippen LogP contribution in [0.2, 0.25) is 0 Å². The molecule has 0 aromatic heterocycles. The molecule has 9 nitrogen and oxygen atoms in total. The van der Waals surface area contributed by atoms with Crippen LogP contribution >= 0.6 is 0 Å². The first-order valence-electron chi connectivity index (χ1n) is 14.2. The van der Waals surface area contributed by atoms with E-state index in [1.165, 1.54) is 12.8 Å². The van der Waals surface area contributed by atoms with Gasteiger partial charge in [0.2, 0.25) is 17.7 Å². The lowest BCUT2D eigenvalue weighted by molar-refractivity contribution is -0.132. The predicted octanol–water partition coefficient (Wildman–Crippen LogP) is 1.20. The van der Waals surface area contributed by atoms with Gasteiger partial charge in [0, 0.05) is 19.1 Å². The second-order valence-electron chi connectivity index (χ2n) is 11.4. The fourth-order valence-electron chi connectivity index (χ4n) is 5.90. The number of rotatable bonds is 12. The van der Waals surface area contributed by atoms with Gasteiger partial charge >= 0.3 is 0 Å². The predicted molar refractivity (Wildman–Crippen MR) is 148 cm³/mol. The number of likely N-dealkylation sites (N-methyl/N-ethyl adjacent to an activating group) is 1. The molecule has 1 aliphatic carbocycles. The quantitative estimate of drug-likeness (QED) is 0.277. The number of benzene rings is 1. The molecular formula is C29H47N5O4. The third kappa shape index (κ3) is 8.78. The second kappa shape index (κ2) is 14.6. The van der Waals surface area contributed by atoms with E-state index in [2.05, 4.69) is 26.2 Å². The molecule has 0 spiro atoms. The molecule has 5 N–H and O–H groups in total. The van der Waals surface area contributed by atoms with Crippen LogP contribution in [0.4, 0.5) is 0 Å². The number of amides is 3. The number of aliphatic hydroxyl groups excluding tert-OH is 1. The number of nitrogens with one attached hydrogen (secondary N) is 4. The lowest BCUT2D eigenvalue weighted by atomic mass is 9.72. The van der Waals surface area contributed by atoms with Crippen molar-refractivity contribution in [2.45, 2.75) is 89.6 Å². The fourth-order valence-corrected chi connectivity index (χ4v) is 5.90. The number of carbonyl (C=O) groups excluding carboxylic acids is 3. The van der Waals surface area contributed by atoms with Crippen molar-refractivity contribution in [1.29, 1.82) is 0 Å². The Hall–Kier alpha value is -2.49. The molecule has 1 heterocycles. The highest BCUT2D eigenvalue weighted by Crippen LogP contribution is 2.38. The molecule has 1 aliphatic heterocycles. The Labute approximate surface area is 227 Å². The minimum Gasteiger partial charge on any atom is -0.390 e. The zero-order chi connectivity index (χ0) is 27.7. The first-order valence-corrected chi connectivity index (χ1v) is 14.2. The molecule has 3 rings (SSSR count). The molecule has 1 saturated heterocycles. The van der Waals surface area contributed by atoms with Crippen LogP contribution in [-0.4, -0.2) is 84.7 Å². The molecule has 6 unspecified atom stereocenters. The lowest BCUT2D eigenvalue weighted by Gasteiger charge is -2.46. The third-order valence-electron chi connectivity index (χ3n) is 7.86. The summed E-state index contributed by atoms with van der Waals surface area (Å²) < 4.78 is 0. The van der Waals surface area contributed by atoms with E-state index in [1.54, 1.807) is 14.0 Å². The number of hydrogen-bond acceptors (Lipinski definition) is 6. The molecule has 1 aromatic carbocycles. The SMILES string of the molecule is CNCC(=O)NC(C)C(=O)NC(Cc1ccccc1)C(O)CN1CC2CCCCC2CC1C(=O)NC(C)C. The van der Waals surface area contributed by atoms with E-state index in [-0.39, 0.29) is 42.9 Å². The van der Waals surface area contributed by atoms with Gasteiger partial charge in [-0.1, -0.05) is 49.6 Å². The van der Waals surface area contributed by atoms with Gasteiger partial charge < -0.3 is 26.4 Å². The number of hydrogen-bond donors (Lipinski definition) is 5. The van der Waals surface area contributed by atoms with Crippen molar-refractivity contribution in [2.75, 3.05) is 26.7 Å². The van der Waals surface area contributed by atoms with E-state index < -0.39 is 18.2 Å². The van der Waals surface area contributed by atoms with Gasteiger partial charge in [0.15, 0.2) is 0 Å². The second-order valence-corrected chi connectivity index (χ2v) is 11.4. The van der Waals surface area contributed by atoms with Gasteiger partial charge in [0.25, 0.3) is 0 Å². The van der Waals surface area contributed by atoms with Gasteiger partial charge in [-0.2, -0.15) is 0 Å². The highest BCUT2D eigenvalue weighted by Gasteiger charge is 2.41. The highest BCUT2D eigenvalue weighted by molar-refractivity contribution is 5.88. The summed E-state index contributed by atoms with van der Waals surface area (Å²) in [4.78, 5) is 40.3. The van der Waals surface area contributed by atoms with E-state index >= 15 is 0 Å².